The van der Waals surface area contributed by atoms with Gasteiger partial charge in [-0.25, -0.2) is 4.79 Å². The summed E-state index contributed by atoms with van der Waals surface area (Å²) >= 11 is 3.47. The summed E-state index contributed by atoms with van der Waals surface area (Å²) in [6, 6.07) is 19.6. The minimum absolute atomic E-state index is 0.141. The molecule has 6 heteroatoms. The SMILES string of the molecule is Cc1ccc(NC(=O)c2ccc(OC(=O)COc3ccc(Br)cc3C(C)(C)C)cc2)cc1. The third-order valence-electron chi connectivity index (χ3n) is 4.75. The third kappa shape index (κ3) is 6.44. The Morgan fingerprint density at radius 1 is 0.938 bits per heavy atom. The van der Waals surface area contributed by atoms with Gasteiger partial charge < -0.3 is 14.8 Å². The van der Waals surface area contributed by atoms with Crippen LogP contribution in [-0.2, 0) is 10.2 Å². The lowest BCUT2D eigenvalue weighted by Gasteiger charge is -2.23. The first kappa shape index (κ1) is 23.5. The van der Waals surface area contributed by atoms with E-state index in [0.29, 0.717) is 17.1 Å². The molecule has 3 aromatic rings. The van der Waals surface area contributed by atoms with E-state index in [1.807, 2.05) is 49.4 Å². The number of rotatable bonds is 6. The second-order valence-electron chi connectivity index (χ2n) is 8.50. The number of hydrogen-bond donors (Lipinski definition) is 1. The van der Waals surface area contributed by atoms with Crippen LogP contribution in [0.3, 0.4) is 0 Å². The Hall–Kier alpha value is -3.12. The maximum atomic E-state index is 12.4. The van der Waals surface area contributed by atoms with Crippen molar-refractivity contribution in [3.63, 3.8) is 0 Å². The molecule has 0 saturated heterocycles. The van der Waals surface area contributed by atoms with Crippen LogP contribution in [0.4, 0.5) is 5.69 Å². The third-order valence-corrected chi connectivity index (χ3v) is 5.25. The molecule has 0 aliphatic rings. The van der Waals surface area contributed by atoms with Crippen molar-refractivity contribution in [3.05, 3.63) is 87.9 Å². The van der Waals surface area contributed by atoms with Crippen LogP contribution >= 0.6 is 15.9 Å². The number of amides is 1. The van der Waals surface area contributed by atoms with Crippen LogP contribution in [0.5, 0.6) is 11.5 Å². The first-order valence-corrected chi connectivity index (χ1v) is 11.0. The van der Waals surface area contributed by atoms with Crippen LogP contribution in [0.25, 0.3) is 0 Å². The molecular weight excluding hydrogens is 470 g/mol. The number of esters is 1. The fourth-order valence-corrected chi connectivity index (χ4v) is 3.39. The quantitative estimate of drug-likeness (QED) is 0.322. The van der Waals surface area contributed by atoms with Crippen LogP contribution in [0.1, 0.15) is 42.3 Å². The van der Waals surface area contributed by atoms with Gasteiger partial charge in [-0.3, -0.25) is 4.79 Å². The van der Waals surface area contributed by atoms with E-state index in [1.165, 1.54) is 0 Å². The van der Waals surface area contributed by atoms with Crippen LogP contribution in [0.2, 0.25) is 0 Å². The second-order valence-corrected chi connectivity index (χ2v) is 9.41. The van der Waals surface area contributed by atoms with Gasteiger partial charge >= 0.3 is 5.97 Å². The molecular formula is C26H26BrNO4. The average Bonchev–Trinajstić information content (AvgIpc) is 2.74. The van der Waals surface area contributed by atoms with Crippen LogP contribution in [0.15, 0.2) is 71.2 Å². The average molecular weight is 496 g/mol. The molecule has 0 aromatic heterocycles. The van der Waals surface area contributed by atoms with Gasteiger partial charge in [0, 0.05) is 21.3 Å². The molecule has 0 heterocycles. The molecule has 0 aliphatic heterocycles. The van der Waals surface area contributed by atoms with E-state index < -0.39 is 5.97 Å². The predicted octanol–water partition coefficient (Wildman–Crippen LogP) is 6.29. The molecule has 3 aromatic carbocycles. The summed E-state index contributed by atoms with van der Waals surface area (Å²) in [5.74, 6) is 0.225. The topological polar surface area (TPSA) is 64.6 Å². The Kier molecular flexibility index (Phi) is 7.36. The van der Waals surface area contributed by atoms with E-state index in [2.05, 4.69) is 42.0 Å². The van der Waals surface area contributed by atoms with Gasteiger partial charge in [-0.05, 0) is 66.9 Å². The van der Waals surface area contributed by atoms with Crippen molar-refractivity contribution in [2.75, 3.05) is 11.9 Å². The monoisotopic (exact) mass is 495 g/mol. The molecule has 0 bridgehead atoms. The second kappa shape index (κ2) is 10.0. The minimum Gasteiger partial charge on any atom is -0.482 e. The normalized spacial score (nSPS) is 11.0. The number of carbonyl (C=O) groups excluding carboxylic acids is 2. The number of halogens is 1. The van der Waals surface area contributed by atoms with Gasteiger partial charge in [0.2, 0.25) is 0 Å². The number of ether oxygens (including phenoxy) is 2. The first-order valence-electron chi connectivity index (χ1n) is 10.2. The highest BCUT2D eigenvalue weighted by atomic mass is 79.9. The van der Waals surface area contributed by atoms with Crippen LogP contribution in [-0.4, -0.2) is 18.5 Å². The lowest BCUT2D eigenvalue weighted by atomic mass is 9.86. The van der Waals surface area contributed by atoms with Gasteiger partial charge in [0.15, 0.2) is 6.61 Å². The molecule has 1 amide bonds. The van der Waals surface area contributed by atoms with E-state index in [-0.39, 0.29) is 17.9 Å². The highest BCUT2D eigenvalue weighted by molar-refractivity contribution is 9.10. The highest BCUT2D eigenvalue weighted by Crippen LogP contribution is 2.33. The fraction of sp³-hybridized carbons (Fsp3) is 0.231. The zero-order valence-electron chi connectivity index (χ0n) is 18.6. The number of aryl methyl sites for hydroxylation is 1. The van der Waals surface area contributed by atoms with E-state index in [9.17, 15) is 9.59 Å². The first-order chi connectivity index (χ1) is 15.1. The standard InChI is InChI=1S/C26H26BrNO4/c1-17-5-10-20(11-6-17)28-25(30)18-7-12-21(13-8-18)32-24(29)16-31-23-14-9-19(27)15-22(23)26(2,3)4/h5-15H,16H2,1-4H3,(H,28,30). The number of nitrogens with one attached hydrogen (secondary N) is 1. The summed E-state index contributed by atoms with van der Waals surface area (Å²) in [7, 11) is 0. The summed E-state index contributed by atoms with van der Waals surface area (Å²) in [6.07, 6.45) is 0. The van der Waals surface area contributed by atoms with Crippen molar-refractivity contribution in [1.29, 1.82) is 0 Å². The molecule has 0 atom stereocenters. The van der Waals surface area contributed by atoms with Gasteiger partial charge in [0.25, 0.3) is 5.91 Å². The Balaban J connectivity index is 1.57. The van der Waals surface area contributed by atoms with Gasteiger partial charge in [-0.2, -0.15) is 0 Å². The smallest absolute Gasteiger partial charge is 0.349 e. The summed E-state index contributed by atoms with van der Waals surface area (Å²) in [5.41, 5.74) is 3.15. The molecule has 0 radical (unpaired) electrons. The van der Waals surface area contributed by atoms with Crippen LogP contribution < -0.4 is 14.8 Å². The van der Waals surface area contributed by atoms with Gasteiger partial charge in [-0.1, -0.05) is 54.4 Å². The molecule has 32 heavy (non-hydrogen) atoms. The molecule has 0 fully saturated rings. The minimum atomic E-state index is -0.523. The Morgan fingerprint density at radius 2 is 1.59 bits per heavy atom. The Morgan fingerprint density at radius 3 is 2.22 bits per heavy atom. The summed E-state index contributed by atoms with van der Waals surface area (Å²) in [5, 5.41) is 2.84. The van der Waals surface area contributed by atoms with Gasteiger partial charge in [0.05, 0.1) is 0 Å². The molecule has 0 saturated carbocycles. The molecule has 3 rings (SSSR count). The molecule has 0 spiro atoms. The molecule has 166 valence electrons. The molecule has 0 aliphatic carbocycles. The van der Waals surface area contributed by atoms with E-state index in [1.54, 1.807) is 24.3 Å². The van der Waals surface area contributed by atoms with E-state index >= 15 is 0 Å². The zero-order chi connectivity index (χ0) is 23.3. The summed E-state index contributed by atoms with van der Waals surface area (Å²) in [4.78, 5) is 24.7. The fourth-order valence-electron chi connectivity index (χ4n) is 3.03. The number of anilines is 1. The molecule has 0 unspecified atom stereocenters. The van der Waals surface area contributed by atoms with Crippen molar-refractivity contribution in [2.45, 2.75) is 33.1 Å². The largest absolute Gasteiger partial charge is 0.482 e. The Bertz CT molecular complexity index is 1100. The van der Waals surface area contributed by atoms with Crippen molar-refractivity contribution >= 4 is 33.5 Å². The zero-order valence-corrected chi connectivity index (χ0v) is 20.2. The van der Waals surface area contributed by atoms with E-state index in [0.717, 1.165) is 21.3 Å². The molecule has 1 N–H and O–H groups in total. The Labute approximate surface area is 196 Å². The maximum absolute atomic E-state index is 12.4. The van der Waals surface area contributed by atoms with Crippen molar-refractivity contribution < 1.29 is 19.1 Å². The lowest BCUT2D eigenvalue weighted by molar-refractivity contribution is -0.136. The van der Waals surface area contributed by atoms with Gasteiger partial charge in [0.1, 0.15) is 11.5 Å². The summed E-state index contributed by atoms with van der Waals surface area (Å²) in [6.45, 7) is 8.00. The lowest BCUT2D eigenvalue weighted by Crippen LogP contribution is -2.20. The highest BCUT2D eigenvalue weighted by Gasteiger charge is 2.20. The summed E-state index contributed by atoms with van der Waals surface area (Å²) < 4.78 is 12.0. The van der Waals surface area contributed by atoms with Crippen molar-refractivity contribution in [2.24, 2.45) is 0 Å². The number of hydrogen-bond acceptors (Lipinski definition) is 4. The van der Waals surface area contributed by atoms with Gasteiger partial charge in [-0.15, -0.1) is 0 Å². The predicted molar refractivity (Wildman–Crippen MR) is 130 cm³/mol. The maximum Gasteiger partial charge on any atom is 0.349 e. The molecule has 5 nitrogen and oxygen atoms in total. The van der Waals surface area contributed by atoms with Crippen molar-refractivity contribution in [1.82, 2.24) is 0 Å². The van der Waals surface area contributed by atoms with E-state index in [4.69, 9.17) is 9.47 Å². The van der Waals surface area contributed by atoms with Crippen molar-refractivity contribution in [3.8, 4) is 11.5 Å². The number of carbonyl (C=O) groups is 2. The number of benzene rings is 3. The van der Waals surface area contributed by atoms with Crippen LogP contribution in [0, 0.1) is 6.92 Å².